The second-order valence-electron chi connectivity index (χ2n) is 4.65. The van der Waals surface area contributed by atoms with Crippen molar-refractivity contribution in [2.45, 2.75) is 19.4 Å². The van der Waals surface area contributed by atoms with Crippen molar-refractivity contribution >= 4 is 17.6 Å². The summed E-state index contributed by atoms with van der Waals surface area (Å²) < 4.78 is 5.14. The molecule has 0 heterocycles. The summed E-state index contributed by atoms with van der Waals surface area (Å²) in [6, 6.07) is 18.3. The van der Waals surface area contributed by atoms with Crippen molar-refractivity contribution in [3.05, 3.63) is 66.2 Å². The van der Waals surface area contributed by atoms with E-state index in [1.165, 1.54) is 0 Å². The SMILES string of the molecule is CC(OC(=O)Cc1ccccc1)C(=O)Nc1ccccc1. The highest BCUT2D eigenvalue weighted by molar-refractivity contribution is 5.95. The zero-order valence-electron chi connectivity index (χ0n) is 11.8. The van der Waals surface area contributed by atoms with Gasteiger partial charge in [-0.15, -0.1) is 0 Å². The minimum absolute atomic E-state index is 0.157. The number of hydrogen-bond donors (Lipinski definition) is 1. The van der Waals surface area contributed by atoms with E-state index in [0.29, 0.717) is 5.69 Å². The molecule has 2 rings (SSSR count). The Morgan fingerprint density at radius 3 is 2.19 bits per heavy atom. The van der Waals surface area contributed by atoms with E-state index < -0.39 is 12.1 Å². The Labute approximate surface area is 123 Å². The van der Waals surface area contributed by atoms with Crippen molar-refractivity contribution in [3.63, 3.8) is 0 Å². The Morgan fingerprint density at radius 2 is 1.57 bits per heavy atom. The van der Waals surface area contributed by atoms with Gasteiger partial charge < -0.3 is 10.1 Å². The van der Waals surface area contributed by atoms with Crippen LogP contribution in [0.2, 0.25) is 0 Å². The van der Waals surface area contributed by atoms with E-state index in [1.807, 2.05) is 48.5 Å². The van der Waals surface area contributed by atoms with Gasteiger partial charge in [0, 0.05) is 5.69 Å². The molecule has 2 aromatic rings. The van der Waals surface area contributed by atoms with Crippen LogP contribution in [0.4, 0.5) is 5.69 Å². The number of carbonyl (C=O) groups excluding carboxylic acids is 2. The van der Waals surface area contributed by atoms with Gasteiger partial charge in [0.05, 0.1) is 6.42 Å². The molecule has 0 saturated carbocycles. The van der Waals surface area contributed by atoms with E-state index >= 15 is 0 Å². The Kier molecular flexibility index (Phi) is 5.10. The van der Waals surface area contributed by atoms with Gasteiger partial charge in [-0.1, -0.05) is 48.5 Å². The van der Waals surface area contributed by atoms with Crippen LogP contribution in [0.1, 0.15) is 12.5 Å². The quantitative estimate of drug-likeness (QED) is 0.858. The van der Waals surface area contributed by atoms with Gasteiger partial charge in [-0.05, 0) is 24.6 Å². The molecule has 0 aliphatic heterocycles. The van der Waals surface area contributed by atoms with Crippen LogP contribution in [0.5, 0.6) is 0 Å². The second-order valence-corrected chi connectivity index (χ2v) is 4.65. The Bertz CT molecular complexity index is 596. The van der Waals surface area contributed by atoms with Crippen LogP contribution in [0.25, 0.3) is 0 Å². The highest BCUT2D eigenvalue weighted by Crippen LogP contribution is 2.07. The van der Waals surface area contributed by atoms with Crippen molar-refractivity contribution in [2.75, 3.05) is 5.32 Å². The van der Waals surface area contributed by atoms with E-state index in [-0.39, 0.29) is 12.3 Å². The van der Waals surface area contributed by atoms with Crippen molar-refractivity contribution in [3.8, 4) is 0 Å². The largest absolute Gasteiger partial charge is 0.452 e. The molecule has 0 aromatic heterocycles. The maximum atomic E-state index is 11.9. The zero-order chi connectivity index (χ0) is 15.1. The van der Waals surface area contributed by atoms with Gasteiger partial charge in [-0.3, -0.25) is 9.59 Å². The molecule has 0 aliphatic carbocycles. The molecule has 21 heavy (non-hydrogen) atoms. The number of nitrogens with one attached hydrogen (secondary N) is 1. The minimum atomic E-state index is -0.832. The summed E-state index contributed by atoms with van der Waals surface area (Å²) in [5.74, 6) is -0.764. The molecule has 1 amide bonds. The summed E-state index contributed by atoms with van der Waals surface area (Å²) in [6.07, 6.45) is -0.675. The summed E-state index contributed by atoms with van der Waals surface area (Å²) >= 11 is 0. The summed E-state index contributed by atoms with van der Waals surface area (Å²) in [5.41, 5.74) is 1.53. The van der Waals surface area contributed by atoms with Crippen molar-refractivity contribution in [1.29, 1.82) is 0 Å². The van der Waals surface area contributed by atoms with Gasteiger partial charge in [0.2, 0.25) is 0 Å². The first-order valence-corrected chi connectivity index (χ1v) is 6.74. The van der Waals surface area contributed by atoms with Crippen LogP contribution in [-0.4, -0.2) is 18.0 Å². The molecule has 4 heteroatoms. The zero-order valence-corrected chi connectivity index (χ0v) is 11.8. The molecule has 1 atom stereocenters. The smallest absolute Gasteiger partial charge is 0.311 e. The number of ether oxygens (including phenoxy) is 1. The standard InChI is InChI=1S/C17H17NO3/c1-13(17(20)18-15-10-6-3-7-11-15)21-16(19)12-14-8-4-2-5-9-14/h2-11,13H,12H2,1H3,(H,18,20). The molecule has 0 bridgehead atoms. The van der Waals surface area contributed by atoms with Gasteiger partial charge in [-0.2, -0.15) is 0 Å². The Morgan fingerprint density at radius 1 is 1.00 bits per heavy atom. The van der Waals surface area contributed by atoms with E-state index in [0.717, 1.165) is 5.56 Å². The molecule has 0 radical (unpaired) electrons. The molecular weight excluding hydrogens is 266 g/mol. The average Bonchev–Trinajstić information content (AvgIpc) is 2.49. The molecule has 4 nitrogen and oxygen atoms in total. The number of benzene rings is 2. The van der Waals surface area contributed by atoms with E-state index in [1.54, 1.807) is 19.1 Å². The van der Waals surface area contributed by atoms with Gasteiger partial charge in [0.15, 0.2) is 6.10 Å². The van der Waals surface area contributed by atoms with E-state index in [4.69, 9.17) is 4.74 Å². The highest BCUT2D eigenvalue weighted by atomic mass is 16.5. The monoisotopic (exact) mass is 283 g/mol. The molecule has 0 fully saturated rings. The third kappa shape index (κ3) is 4.76. The van der Waals surface area contributed by atoms with Crippen LogP contribution < -0.4 is 5.32 Å². The third-order valence-corrected chi connectivity index (χ3v) is 2.91. The number of hydrogen-bond acceptors (Lipinski definition) is 3. The number of anilines is 1. The molecule has 108 valence electrons. The summed E-state index contributed by atoms with van der Waals surface area (Å²) in [4.78, 5) is 23.7. The molecular formula is C17H17NO3. The van der Waals surface area contributed by atoms with Crippen LogP contribution in [0.15, 0.2) is 60.7 Å². The summed E-state index contributed by atoms with van der Waals surface area (Å²) in [5, 5.41) is 2.69. The van der Waals surface area contributed by atoms with Crippen LogP contribution in [0, 0.1) is 0 Å². The number of carbonyl (C=O) groups is 2. The van der Waals surface area contributed by atoms with Crippen molar-refractivity contribution < 1.29 is 14.3 Å². The molecule has 1 N–H and O–H groups in total. The maximum Gasteiger partial charge on any atom is 0.311 e. The predicted molar refractivity (Wildman–Crippen MR) is 80.8 cm³/mol. The predicted octanol–water partition coefficient (Wildman–Crippen LogP) is 2.80. The first-order valence-electron chi connectivity index (χ1n) is 6.74. The van der Waals surface area contributed by atoms with E-state index in [2.05, 4.69) is 5.32 Å². The molecule has 1 unspecified atom stereocenters. The van der Waals surface area contributed by atoms with Crippen LogP contribution >= 0.6 is 0 Å². The molecule has 0 aliphatic rings. The fourth-order valence-electron chi connectivity index (χ4n) is 1.82. The third-order valence-electron chi connectivity index (χ3n) is 2.91. The highest BCUT2D eigenvalue weighted by Gasteiger charge is 2.17. The Balaban J connectivity index is 1.84. The number of esters is 1. The molecule has 0 spiro atoms. The van der Waals surface area contributed by atoms with E-state index in [9.17, 15) is 9.59 Å². The number of para-hydroxylation sites is 1. The lowest BCUT2D eigenvalue weighted by atomic mass is 10.1. The van der Waals surface area contributed by atoms with Gasteiger partial charge in [0.25, 0.3) is 5.91 Å². The maximum absolute atomic E-state index is 11.9. The fraction of sp³-hybridized carbons (Fsp3) is 0.176. The Hall–Kier alpha value is -2.62. The van der Waals surface area contributed by atoms with Crippen LogP contribution in [0.3, 0.4) is 0 Å². The lowest BCUT2D eigenvalue weighted by Gasteiger charge is -2.13. The average molecular weight is 283 g/mol. The topological polar surface area (TPSA) is 55.4 Å². The second kappa shape index (κ2) is 7.24. The molecule has 0 saturated heterocycles. The minimum Gasteiger partial charge on any atom is -0.452 e. The fourth-order valence-corrected chi connectivity index (χ4v) is 1.82. The number of rotatable bonds is 5. The van der Waals surface area contributed by atoms with Crippen molar-refractivity contribution in [2.24, 2.45) is 0 Å². The first kappa shape index (κ1) is 14.8. The first-order chi connectivity index (χ1) is 10.1. The van der Waals surface area contributed by atoms with Crippen molar-refractivity contribution in [1.82, 2.24) is 0 Å². The lowest BCUT2D eigenvalue weighted by molar-refractivity contribution is -0.152. The normalized spacial score (nSPS) is 11.5. The number of amides is 1. The summed E-state index contributed by atoms with van der Waals surface area (Å²) in [6.45, 7) is 1.56. The summed E-state index contributed by atoms with van der Waals surface area (Å²) in [7, 11) is 0. The molecule has 2 aromatic carbocycles. The van der Waals surface area contributed by atoms with Gasteiger partial charge in [0.1, 0.15) is 0 Å². The van der Waals surface area contributed by atoms with Crippen LogP contribution in [-0.2, 0) is 20.7 Å². The van der Waals surface area contributed by atoms with Gasteiger partial charge in [-0.25, -0.2) is 0 Å². The van der Waals surface area contributed by atoms with Gasteiger partial charge >= 0.3 is 5.97 Å². The lowest BCUT2D eigenvalue weighted by Crippen LogP contribution is -2.30.